The lowest BCUT2D eigenvalue weighted by Crippen LogP contribution is -2.68. The van der Waals surface area contributed by atoms with Crippen molar-refractivity contribution in [1.29, 1.82) is 0 Å². The van der Waals surface area contributed by atoms with Crippen molar-refractivity contribution in [2.75, 3.05) is 13.2 Å². The Balaban J connectivity index is 2.24. The molecule has 0 radical (unpaired) electrons. The van der Waals surface area contributed by atoms with Crippen molar-refractivity contribution in [2.24, 2.45) is 5.73 Å². The zero-order valence-electron chi connectivity index (χ0n) is 18.0. The van der Waals surface area contributed by atoms with Crippen molar-refractivity contribution >= 4 is 11.9 Å². The van der Waals surface area contributed by atoms with E-state index in [0.29, 0.717) is 0 Å². The van der Waals surface area contributed by atoms with Gasteiger partial charge in [0, 0.05) is 6.92 Å². The predicted octanol–water partition coefficient (Wildman–Crippen LogP) is -5.43. The quantitative estimate of drug-likeness (QED) is 0.148. The first-order valence-corrected chi connectivity index (χ1v) is 10.2. The van der Waals surface area contributed by atoms with Gasteiger partial charge in [-0.3, -0.25) is 9.59 Å². The van der Waals surface area contributed by atoms with Crippen molar-refractivity contribution < 1.29 is 64.3 Å². The summed E-state index contributed by atoms with van der Waals surface area (Å²) in [5.74, 6) is -1.97. The third kappa shape index (κ3) is 6.34. The molecule has 2 rings (SSSR count). The molecule has 1 amide bonds. The Morgan fingerprint density at radius 1 is 0.970 bits per heavy atom. The molecule has 15 nitrogen and oxygen atoms in total. The fourth-order valence-electron chi connectivity index (χ4n) is 3.57. The normalized spacial score (nSPS) is 41.2. The maximum Gasteiger partial charge on any atom is 0.323 e. The number of nitrogens with two attached hydrogens (primary N) is 1. The van der Waals surface area contributed by atoms with Gasteiger partial charge in [0.05, 0.1) is 19.3 Å². The molecule has 0 spiro atoms. The van der Waals surface area contributed by atoms with E-state index in [9.17, 15) is 40.2 Å². The average Bonchev–Trinajstić information content (AvgIpc) is 2.76. The Hall–Kier alpha value is -1.50. The highest BCUT2D eigenvalue weighted by Crippen LogP contribution is 2.30. The first-order chi connectivity index (χ1) is 15.4. The molecule has 0 aromatic carbocycles. The Bertz CT molecular complexity index is 667. The SMILES string of the molecule is CC(=O)NC1[C@@H](O[C@H](C)[C@H](N)C(=O)O)O[C@H](CO)[C@H](O[C@@H]2O[C@H](CO)[C@H](O)[C@H](O)[C@@H]2O)[C@@H]1O. The molecule has 10 N–H and O–H groups in total. The van der Waals surface area contributed by atoms with E-state index in [0.717, 1.165) is 6.92 Å². The Kier molecular flexibility index (Phi) is 9.89. The summed E-state index contributed by atoms with van der Waals surface area (Å²) in [5, 5.41) is 71.5. The van der Waals surface area contributed by atoms with Gasteiger partial charge < -0.3 is 65.7 Å². The highest BCUT2D eigenvalue weighted by Gasteiger charge is 2.51. The number of hydrogen-bond acceptors (Lipinski definition) is 13. The smallest absolute Gasteiger partial charge is 0.323 e. The monoisotopic (exact) mass is 484 g/mol. The highest BCUT2D eigenvalue weighted by atomic mass is 16.7. The van der Waals surface area contributed by atoms with Crippen molar-refractivity contribution in [1.82, 2.24) is 5.32 Å². The van der Waals surface area contributed by atoms with Crippen LogP contribution in [0.3, 0.4) is 0 Å². The van der Waals surface area contributed by atoms with Crippen LogP contribution in [0.25, 0.3) is 0 Å². The number of amides is 1. The van der Waals surface area contributed by atoms with Crippen LogP contribution < -0.4 is 11.1 Å². The molecule has 2 aliphatic heterocycles. The van der Waals surface area contributed by atoms with Gasteiger partial charge in [0.2, 0.25) is 5.91 Å². The molecule has 2 saturated heterocycles. The van der Waals surface area contributed by atoms with E-state index >= 15 is 0 Å². The summed E-state index contributed by atoms with van der Waals surface area (Å²) >= 11 is 0. The minimum absolute atomic E-state index is 0.611. The van der Waals surface area contributed by atoms with Gasteiger partial charge in [0.1, 0.15) is 54.8 Å². The van der Waals surface area contributed by atoms with Gasteiger partial charge in [-0.15, -0.1) is 0 Å². The van der Waals surface area contributed by atoms with Gasteiger partial charge in [-0.25, -0.2) is 0 Å². The van der Waals surface area contributed by atoms with E-state index in [-0.39, 0.29) is 0 Å². The summed E-state index contributed by atoms with van der Waals surface area (Å²) in [7, 11) is 0. The van der Waals surface area contributed by atoms with Crippen LogP contribution in [0.4, 0.5) is 0 Å². The number of rotatable bonds is 9. The van der Waals surface area contributed by atoms with Crippen LogP contribution in [0.5, 0.6) is 0 Å². The van der Waals surface area contributed by atoms with Crippen molar-refractivity contribution in [3.63, 3.8) is 0 Å². The van der Waals surface area contributed by atoms with Gasteiger partial charge in [-0.1, -0.05) is 0 Å². The molecule has 1 unspecified atom stereocenters. The zero-order valence-corrected chi connectivity index (χ0v) is 18.0. The summed E-state index contributed by atoms with van der Waals surface area (Å²) in [6.45, 7) is 1.01. The number of hydrogen-bond donors (Lipinski definition) is 9. The zero-order chi connectivity index (χ0) is 25.0. The number of nitrogens with one attached hydrogen (secondary N) is 1. The molecule has 12 atom stereocenters. The van der Waals surface area contributed by atoms with Crippen LogP contribution in [-0.4, -0.2) is 134 Å². The number of ether oxygens (including phenoxy) is 4. The molecule has 0 aliphatic carbocycles. The molecule has 2 aliphatic rings. The standard InChI is InChI=1S/C18H32N2O13/c1-5(9(19)16(28)29)30-17-10(20-6(2)23)12(25)15(8(4-22)32-17)33-18-14(27)13(26)11(24)7(3-21)31-18/h5,7-15,17-18,21-22,24-27H,3-4,19H2,1-2H3,(H,20,23)(H,28,29)/t5-,7-,8-,9+,10?,11+,12-,13+,14+,15+,17+,18+/m1/s1. The van der Waals surface area contributed by atoms with Crippen molar-refractivity contribution in [3.05, 3.63) is 0 Å². The summed E-state index contributed by atoms with van der Waals surface area (Å²) in [5.41, 5.74) is 5.53. The van der Waals surface area contributed by atoms with Crippen LogP contribution in [0.2, 0.25) is 0 Å². The third-order valence-corrected chi connectivity index (χ3v) is 5.50. The van der Waals surface area contributed by atoms with Crippen LogP contribution >= 0.6 is 0 Å². The lowest BCUT2D eigenvalue weighted by Gasteiger charge is -2.47. The van der Waals surface area contributed by atoms with E-state index < -0.39 is 98.6 Å². The molecule has 0 aromatic heterocycles. The summed E-state index contributed by atoms with van der Waals surface area (Å²) in [6, 6.07) is -2.79. The lowest BCUT2D eigenvalue weighted by atomic mass is 9.95. The summed E-state index contributed by atoms with van der Waals surface area (Å²) < 4.78 is 21.9. The number of carboxylic acid groups (broad SMARTS) is 1. The number of aliphatic hydroxyl groups is 6. The first-order valence-electron chi connectivity index (χ1n) is 10.2. The van der Waals surface area contributed by atoms with Crippen LogP contribution in [0.1, 0.15) is 13.8 Å². The molecular formula is C18H32N2O13. The van der Waals surface area contributed by atoms with Crippen molar-refractivity contribution in [2.45, 2.75) is 87.3 Å². The average molecular weight is 484 g/mol. The number of carbonyl (C=O) groups excluding carboxylic acids is 1. The third-order valence-electron chi connectivity index (χ3n) is 5.50. The van der Waals surface area contributed by atoms with Gasteiger partial charge in [-0.2, -0.15) is 0 Å². The number of carboxylic acids is 1. The molecule has 0 saturated carbocycles. The molecule has 2 heterocycles. The number of aliphatic carboxylic acids is 1. The predicted molar refractivity (Wildman–Crippen MR) is 104 cm³/mol. The van der Waals surface area contributed by atoms with Gasteiger partial charge >= 0.3 is 5.97 Å². The second-order valence-corrected chi connectivity index (χ2v) is 7.95. The molecule has 0 aromatic rings. The van der Waals surface area contributed by atoms with Gasteiger partial charge in [-0.05, 0) is 6.92 Å². The fraction of sp³-hybridized carbons (Fsp3) is 0.889. The van der Waals surface area contributed by atoms with Gasteiger partial charge in [0.25, 0.3) is 0 Å². The second-order valence-electron chi connectivity index (χ2n) is 7.95. The van der Waals surface area contributed by atoms with E-state index in [1.165, 1.54) is 6.92 Å². The summed E-state index contributed by atoms with van der Waals surface area (Å²) in [4.78, 5) is 22.8. The summed E-state index contributed by atoms with van der Waals surface area (Å²) in [6.07, 6.45) is -15.1. The van der Waals surface area contributed by atoms with E-state index in [2.05, 4.69) is 5.32 Å². The van der Waals surface area contributed by atoms with E-state index in [1.54, 1.807) is 0 Å². The molecule has 0 bridgehead atoms. The Morgan fingerprint density at radius 2 is 1.55 bits per heavy atom. The number of carbonyl (C=O) groups is 2. The minimum Gasteiger partial charge on any atom is -0.480 e. The lowest BCUT2D eigenvalue weighted by molar-refractivity contribution is -0.350. The maximum atomic E-state index is 11.7. The van der Waals surface area contributed by atoms with Crippen LogP contribution in [0.15, 0.2) is 0 Å². The molecule has 33 heavy (non-hydrogen) atoms. The molecule has 15 heteroatoms. The second kappa shape index (κ2) is 11.8. The Morgan fingerprint density at radius 3 is 2.06 bits per heavy atom. The largest absolute Gasteiger partial charge is 0.480 e. The van der Waals surface area contributed by atoms with Crippen LogP contribution in [-0.2, 0) is 28.5 Å². The van der Waals surface area contributed by atoms with Gasteiger partial charge in [0.15, 0.2) is 12.6 Å². The first kappa shape index (κ1) is 27.7. The fourth-order valence-corrected chi connectivity index (χ4v) is 3.57. The molecule has 2 fully saturated rings. The molecular weight excluding hydrogens is 452 g/mol. The number of aliphatic hydroxyl groups excluding tert-OH is 6. The molecule has 192 valence electrons. The van der Waals surface area contributed by atoms with E-state index in [1.807, 2.05) is 0 Å². The minimum atomic E-state index is -1.80. The van der Waals surface area contributed by atoms with Crippen molar-refractivity contribution in [3.8, 4) is 0 Å². The highest BCUT2D eigenvalue weighted by molar-refractivity contribution is 5.74. The Labute approximate surface area is 188 Å². The van der Waals surface area contributed by atoms with E-state index in [4.69, 9.17) is 29.8 Å². The topological polar surface area (TPSA) is 251 Å². The maximum absolute atomic E-state index is 11.7. The van der Waals surface area contributed by atoms with Crippen LogP contribution in [0, 0.1) is 0 Å².